The van der Waals surface area contributed by atoms with Crippen LogP contribution in [0.2, 0.25) is 0 Å². The Labute approximate surface area is 196 Å². The van der Waals surface area contributed by atoms with Gasteiger partial charge in [-0.3, -0.25) is 4.18 Å². The molecule has 33 heavy (non-hydrogen) atoms. The molecule has 0 aromatic heterocycles. The molecule has 0 spiro atoms. The second-order valence-electron chi connectivity index (χ2n) is 7.41. The third-order valence-corrected chi connectivity index (χ3v) is 8.83. The topological polar surface area (TPSA) is 52.6 Å². The Bertz CT molecular complexity index is 1240. The van der Waals surface area contributed by atoms with Gasteiger partial charge in [0.05, 0.1) is 4.90 Å². The Morgan fingerprint density at radius 2 is 1.21 bits per heavy atom. The van der Waals surface area contributed by atoms with Gasteiger partial charge in [-0.1, -0.05) is 96.6 Å². The fourth-order valence-electron chi connectivity index (χ4n) is 3.41. The van der Waals surface area contributed by atoms with E-state index in [9.17, 15) is 8.42 Å². The normalized spacial score (nSPS) is 11.5. The highest BCUT2D eigenvalue weighted by Crippen LogP contribution is 2.36. The quantitative estimate of drug-likeness (QED) is 0.202. The number of ether oxygens (including phenoxy) is 1. The summed E-state index contributed by atoms with van der Waals surface area (Å²) in [7, 11) is -4.65. The second kappa shape index (κ2) is 10.8. The molecule has 168 valence electrons. The van der Waals surface area contributed by atoms with Crippen molar-refractivity contribution in [1.82, 2.24) is 0 Å². The third kappa shape index (κ3) is 5.88. The minimum Gasteiger partial charge on any atom is -0.490 e. The van der Waals surface area contributed by atoms with Crippen LogP contribution in [0.1, 0.15) is 5.56 Å². The van der Waals surface area contributed by atoms with Crippen molar-refractivity contribution < 1.29 is 17.3 Å². The van der Waals surface area contributed by atoms with E-state index in [0.717, 1.165) is 16.6 Å². The molecule has 0 N–H and O–H groups in total. The van der Waals surface area contributed by atoms with Crippen LogP contribution in [-0.2, 0) is 14.3 Å². The summed E-state index contributed by atoms with van der Waals surface area (Å²) in [4.78, 5) is 0.144. The summed E-state index contributed by atoms with van der Waals surface area (Å²) in [5.74, 6) is 0.729. The van der Waals surface area contributed by atoms with Crippen LogP contribution in [0.25, 0.3) is 0 Å². The highest BCUT2D eigenvalue weighted by Gasteiger charge is 2.20. The van der Waals surface area contributed by atoms with Gasteiger partial charge in [0.15, 0.2) is 0 Å². The van der Waals surface area contributed by atoms with Crippen molar-refractivity contribution in [3.8, 4) is 5.75 Å². The van der Waals surface area contributed by atoms with Crippen molar-refractivity contribution in [1.29, 1.82) is 0 Å². The minimum absolute atomic E-state index is 0.0703. The molecule has 0 radical (unpaired) electrons. The number of rotatable bonds is 9. The first-order valence-electron chi connectivity index (χ1n) is 10.6. The Balaban J connectivity index is 1.51. The first-order chi connectivity index (χ1) is 16.0. The Hall–Kier alpha value is -2.98. The first-order valence-corrected chi connectivity index (χ1v) is 13.4. The summed E-state index contributed by atoms with van der Waals surface area (Å²) < 4.78 is 36.1. The van der Waals surface area contributed by atoms with Crippen molar-refractivity contribution in [2.24, 2.45) is 0 Å². The Morgan fingerprint density at radius 3 is 1.82 bits per heavy atom. The first kappa shape index (κ1) is 23.2. The van der Waals surface area contributed by atoms with Gasteiger partial charge in [-0.2, -0.15) is 8.42 Å². The molecule has 4 rings (SSSR count). The molecule has 0 unspecified atom stereocenters. The molecule has 0 heterocycles. The number of hydrogen-bond donors (Lipinski definition) is 0. The lowest BCUT2D eigenvalue weighted by Crippen LogP contribution is -2.23. The standard InChI is InChI=1S/C27H25O4PS/c1-22-16-18-25(19-17-22)33(28,29)31-21-20-30-26-14-8-9-15-27(26)32(23-10-4-2-5-11-23)24-12-6-3-7-13-24/h2-19H,20-21H2,1H3. The lowest BCUT2D eigenvalue weighted by Gasteiger charge is -2.22. The number of para-hydroxylation sites is 1. The molecule has 0 fully saturated rings. The van der Waals surface area contributed by atoms with E-state index in [4.69, 9.17) is 8.92 Å². The molecule has 4 aromatic carbocycles. The molecule has 0 saturated heterocycles. The van der Waals surface area contributed by atoms with Crippen LogP contribution in [0.15, 0.2) is 114 Å². The Kier molecular flexibility index (Phi) is 7.56. The molecule has 0 saturated carbocycles. The average Bonchev–Trinajstić information content (AvgIpc) is 2.84. The molecule has 6 heteroatoms. The van der Waals surface area contributed by atoms with Gasteiger partial charge in [0.25, 0.3) is 10.1 Å². The highest BCUT2D eigenvalue weighted by atomic mass is 32.2. The average molecular weight is 477 g/mol. The van der Waals surface area contributed by atoms with Crippen molar-refractivity contribution >= 4 is 34.0 Å². The number of hydrogen-bond acceptors (Lipinski definition) is 4. The summed E-state index contributed by atoms with van der Waals surface area (Å²) in [6, 6.07) is 35.2. The molecule has 0 atom stereocenters. The zero-order valence-corrected chi connectivity index (χ0v) is 20.0. The number of benzene rings is 4. The maximum Gasteiger partial charge on any atom is 0.297 e. The summed E-state index contributed by atoms with van der Waals surface area (Å²) in [5, 5.41) is 3.51. The van der Waals surface area contributed by atoms with Crippen LogP contribution in [0.4, 0.5) is 0 Å². The summed E-state index contributed by atoms with van der Waals surface area (Å²) in [6.07, 6.45) is 0. The third-order valence-electron chi connectivity index (χ3n) is 5.02. The SMILES string of the molecule is Cc1ccc(S(=O)(=O)OCCOc2ccccc2P(c2ccccc2)c2ccccc2)cc1. The van der Waals surface area contributed by atoms with Gasteiger partial charge in [-0.15, -0.1) is 0 Å². The molecular weight excluding hydrogens is 451 g/mol. The van der Waals surface area contributed by atoms with Crippen LogP contribution in [-0.4, -0.2) is 21.6 Å². The van der Waals surface area contributed by atoms with Crippen molar-refractivity contribution in [2.75, 3.05) is 13.2 Å². The van der Waals surface area contributed by atoms with E-state index >= 15 is 0 Å². The van der Waals surface area contributed by atoms with Crippen molar-refractivity contribution in [2.45, 2.75) is 11.8 Å². The lowest BCUT2D eigenvalue weighted by atomic mass is 10.2. The second-order valence-corrected chi connectivity index (χ2v) is 11.2. The van der Waals surface area contributed by atoms with Crippen LogP contribution in [0.5, 0.6) is 5.75 Å². The van der Waals surface area contributed by atoms with E-state index in [0.29, 0.717) is 0 Å². The van der Waals surface area contributed by atoms with Gasteiger partial charge in [0.2, 0.25) is 0 Å². The van der Waals surface area contributed by atoms with Crippen LogP contribution in [0, 0.1) is 6.92 Å². The van der Waals surface area contributed by atoms with E-state index in [-0.39, 0.29) is 18.1 Å². The maximum atomic E-state index is 12.4. The van der Waals surface area contributed by atoms with Gasteiger partial charge in [-0.25, -0.2) is 0 Å². The smallest absolute Gasteiger partial charge is 0.297 e. The van der Waals surface area contributed by atoms with Gasteiger partial charge >= 0.3 is 0 Å². The lowest BCUT2D eigenvalue weighted by molar-refractivity contribution is 0.222. The monoisotopic (exact) mass is 476 g/mol. The fourth-order valence-corrected chi connectivity index (χ4v) is 6.70. The molecule has 4 nitrogen and oxygen atoms in total. The molecule has 4 aromatic rings. The molecule has 0 aliphatic rings. The van der Waals surface area contributed by atoms with E-state index in [1.165, 1.54) is 10.6 Å². The molecule has 0 bridgehead atoms. The van der Waals surface area contributed by atoms with Gasteiger partial charge in [0.1, 0.15) is 19.0 Å². The predicted octanol–water partition coefficient (Wildman–Crippen LogP) is 4.54. The van der Waals surface area contributed by atoms with Gasteiger partial charge in [-0.05, 0) is 43.7 Å². The van der Waals surface area contributed by atoms with E-state index in [1.54, 1.807) is 24.3 Å². The fraction of sp³-hybridized carbons (Fsp3) is 0.111. The van der Waals surface area contributed by atoms with Gasteiger partial charge in [0, 0.05) is 5.30 Å². The zero-order valence-electron chi connectivity index (χ0n) is 18.3. The van der Waals surface area contributed by atoms with Crippen molar-refractivity contribution in [3.63, 3.8) is 0 Å². The van der Waals surface area contributed by atoms with Crippen molar-refractivity contribution in [3.05, 3.63) is 115 Å². The molecular formula is C27H25O4PS. The predicted molar refractivity (Wildman–Crippen MR) is 135 cm³/mol. The van der Waals surface area contributed by atoms with E-state index in [1.807, 2.05) is 61.5 Å². The van der Waals surface area contributed by atoms with E-state index in [2.05, 4.69) is 30.3 Å². The Morgan fingerprint density at radius 1 is 0.667 bits per heavy atom. The minimum atomic E-state index is -3.82. The van der Waals surface area contributed by atoms with Crippen LogP contribution >= 0.6 is 7.92 Å². The van der Waals surface area contributed by atoms with E-state index < -0.39 is 18.0 Å². The maximum absolute atomic E-state index is 12.4. The molecule has 0 aliphatic carbocycles. The number of aryl methyl sites for hydroxylation is 1. The molecule has 0 amide bonds. The highest BCUT2D eigenvalue weighted by molar-refractivity contribution is 7.86. The van der Waals surface area contributed by atoms with Gasteiger partial charge < -0.3 is 4.74 Å². The van der Waals surface area contributed by atoms with Crippen LogP contribution in [0.3, 0.4) is 0 Å². The summed E-state index contributed by atoms with van der Waals surface area (Å²) >= 11 is 0. The summed E-state index contributed by atoms with van der Waals surface area (Å²) in [5.41, 5.74) is 0.988. The molecule has 0 aliphatic heterocycles. The zero-order chi connectivity index (χ0) is 23.1. The summed E-state index contributed by atoms with van der Waals surface area (Å²) in [6.45, 7) is 1.95. The largest absolute Gasteiger partial charge is 0.490 e. The van der Waals surface area contributed by atoms with Crippen LogP contribution < -0.4 is 20.7 Å².